The van der Waals surface area contributed by atoms with Gasteiger partial charge in [-0.05, 0) is 54.8 Å². The number of carbonyl (C=O) groups excluding carboxylic acids is 2. The summed E-state index contributed by atoms with van der Waals surface area (Å²) in [4.78, 5) is 28.7. The van der Waals surface area contributed by atoms with Crippen molar-refractivity contribution in [2.45, 2.75) is 45.3 Å². The molecule has 0 radical (unpaired) electrons. The molecule has 0 saturated heterocycles. The van der Waals surface area contributed by atoms with E-state index in [1.165, 1.54) is 0 Å². The lowest BCUT2D eigenvalue weighted by Gasteiger charge is -2.32. The third-order valence-electron chi connectivity index (χ3n) is 5.76. The van der Waals surface area contributed by atoms with Crippen LogP contribution >= 0.6 is 39.1 Å². The molecule has 0 aliphatic rings. The van der Waals surface area contributed by atoms with Gasteiger partial charge in [0.15, 0.2) is 6.61 Å². The highest BCUT2D eigenvalue weighted by Gasteiger charge is 2.31. The first-order valence-corrected chi connectivity index (χ1v) is 13.3. The van der Waals surface area contributed by atoms with Crippen LogP contribution in [0, 0.1) is 0 Å². The minimum atomic E-state index is -0.753. The second kappa shape index (κ2) is 13.7. The zero-order valence-electron chi connectivity index (χ0n) is 20.2. The zero-order valence-corrected chi connectivity index (χ0v) is 23.3. The summed E-state index contributed by atoms with van der Waals surface area (Å²) in [5, 5.41) is 3.99. The van der Waals surface area contributed by atoms with E-state index in [2.05, 4.69) is 21.2 Å². The summed E-state index contributed by atoms with van der Waals surface area (Å²) in [7, 11) is 0. The Hall–Kier alpha value is -2.54. The predicted octanol–water partition coefficient (Wildman–Crippen LogP) is 6.69. The maximum Gasteiger partial charge on any atom is 0.261 e. The van der Waals surface area contributed by atoms with Crippen LogP contribution in [0.3, 0.4) is 0 Å². The molecule has 8 heteroatoms. The molecule has 3 rings (SSSR count). The van der Waals surface area contributed by atoms with Crippen LogP contribution in [-0.2, 0) is 22.6 Å². The molecular weight excluding hydrogens is 563 g/mol. The van der Waals surface area contributed by atoms with Crippen molar-refractivity contribution in [3.63, 3.8) is 0 Å². The summed E-state index contributed by atoms with van der Waals surface area (Å²) in [5.41, 5.74) is 1.76. The lowest BCUT2D eigenvalue weighted by Crippen LogP contribution is -2.53. The third kappa shape index (κ3) is 8.26. The highest BCUT2D eigenvalue weighted by atomic mass is 79.9. The van der Waals surface area contributed by atoms with E-state index < -0.39 is 6.04 Å². The van der Waals surface area contributed by atoms with Gasteiger partial charge in [0.25, 0.3) is 5.91 Å². The lowest BCUT2D eigenvalue weighted by molar-refractivity contribution is -0.143. The van der Waals surface area contributed by atoms with Crippen molar-refractivity contribution >= 4 is 50.9 Å². The van der Waals surface area contributed by atoms with Gasteiger partial charge in [-0.15, -0.1) is 0 Å². The Kier molecular flexibility index (Phi) is 10.7. The van der Waals surface area contributed by atoms with Gasteiger partial charge in [0.1, 0.15) is 11.8 Å². The molecular formula is C28H29BrCl2N2O3. The van der Waals surface area contributed by atoms with E-state index in [-0.39, 0.29) is 31.0 Å². The van der Waals surface area contributed by atoms with Crippen LogP contribution in [0.4, 0.5) is 0 Å². The fourth-order valence-electron chi connectivity index (χ4n) is 3.64. The number of hydrogen-bond acceptors (Lipinski definition) is 3. The highest BCUT2D eigenvalue weighted by molar-refractivity contribution is 9.10. The largest absolute Gasteiger partial charge is 0.482 e. The van der Waals surface area contributed by atoms with E-state index in [1.54, 1.807) is 35.2 Å². The first-order valence-electron chi connectivity index (χ1n) is 11.7. The van der Waals surface area contributed by atoms with Gasteiger partial charge in [-0.2, -0.15) is 0 Å². The second-order valence-electron chi connectivity index (χ2n) is 8.54. The average molecular weight is 592 g/mol. The molecule has 0 spiro atoms. The summed E-state index contributed by atoms with van der Waals surface area (Å²) in [6.07, 6.45) is 1.13. The van der Waals surface area contributed by atoms with Crippen LogP contribution in [-0.4, -0.2) is 35.4 Å². The van der Waals surface area contributed by atoms with Gasteiger partial charge in [0, 0.05) is 28.5 Å². The Morgan fingerprint density at radius 1 is 1.00 bits per heavy atom. The molecule has 0 aliphatic heterocycles. The number of ether oxygens (including phenoxy) is 1. The first kappa shape index (κ1) is 28.0. The Morgan fingerprint density at radius 3 is 2.39 bits per heavy atom. The SMILES string of the molecule is CCC(C)NC(=O)C(Cc1ccccc1)N(Cc1cccc(Cl)c1)C(=O)COc1ccc(Br)cc1Cl. The molecule has 36 heavy (non-hydrogen) atoms. The molecule has 5 nitrogen and oxygen atoms in total. The Bertz CT molecular complexity index is 1180. The van der Waals surface area contributed by atoms with Crippen molar-refractivity contribution in [2.24, 2.45) is 0 Å². The standard InChI is InChI=1S/C28H29BrCl2N2O3/c1-3-19(2)32-28(35)25(15-20-8-5-4-6-9-20)33(17-21-10-7-11-23(30)14-21)27(34)18-36-26-13-12-22(29)16-24(26)31/h4-14,16,19,25H,3,15,17-18H2,1-2H3,(H,32,35). The molecule has 0 aliphatic carbocycles. The van der Waals surface area contributed by atoms with Crippen molar-refractivity contribution in [3.8, 4) is 5.75 Å². The molecule has 190 valence electrons. The monoisotopic (exact) mass is 590 g/mol. The Labute approximate surface area is 230 Å². The van der Waals surface area contributed by atoms with E-state index in [0.717, 1.165) is 22.0 Å². The average Bonchev–Trinajstić information content (AvgIpc) is 2.86. The van der Waals surface area contributed by atoms with E-state index in [0.29, 0.717) is 22.2 Å². The van der Waals surface area contributed by atoms with Crippen molar-refractivity contribution in [1.29, 1.82) is 0 Å². The first-order chi connectivity index (χ1) is 17.3. The van der Waals surface area contributed by atoms with Crippen LogP contribution in [0.2, 0.25) is 10.0 Å². The topological polar surface area (TPSA) is 58.6 Å². The molecule has 0 fully saturated rings. The van der Waals surface area contributed by atoms with Crippen molar-refractivity contribution in [1.82, 2.24) is 10.2 Å². The van der Waals surface area contributed by atoms with E-state index in [1.807, 2.05) is 56.3 Å². The molecule has 2 atom stereocenters. The minimum absolute atomic E-state index is 0.0308. The number of nitrogens with one attached hydrogen (secondary N) is 1. The third-order valence-corrected chi connectivity index (χ3v) is 6.78. The van der Waals surface area contributed by atoms with Crippen LogP contribution in [0.25, 0.3) is 0 Å². The van der Waals surface area contributed by atoms with Crippen LogP contribution in [0.15, 0.2) is 77.3 Å². The summed E-state index contributed by atoms with van der Waals surface area (Å²) in [6.45, 7) is 3.87. The fraction of sp³-hybridized carbons (Fsp3) is 0.286. The van der Waals surface area contributed by atoms with Gasteiger partial charge >= 0.3 is 0 Å². The normalized spacial score (nSPS) is 12.5. The van der Waals surface area contributed by atoms with Crippen LogP contribution in [0.5, 0.6) is 5.75 Å². The molecule has 3 aromatic carbocycles. The highest BCUT2D eigenvalue weighted by Crippen LogP contribution is 2.28. The molecule has 3 aromatic rings. The van der Waals surface area contributed by atoms with Crippen molar-refractivity contribution < 1.29 is 14.3 Å². The summed E-state index contributed by atoms with van der Waals surface area (Å²) < 4.78 is 6.58. The summed E-state index contributed by atoms with van der Waals surface area (Å²) in [5.74, 6) is -0.168. The number of hydrogen-bond donors (Lipinski definition) is 1. The maximum atomic E-state index is 13.6. The van der Waals surface area contributed by atoms with Gasteiger partial charge < -0.3 is 15.0 Å². The van der Waals surface area contributed by atoms with Gasteiger partial charge in [-0.1, -0.05) is 88.5 Å². The Balaban J connectivity index is 1.92. The number of nitrogens with zero attached hydrogens (tertiary/aromatic N) is 1. The number of rotatable bonds is 11. The Morgan fingerprint density at radius 2 is 1.72 bits per heavy atom. The molecule has 0 saturated carbocycles. The summed E-state index contributed by atoms with van der Waals surface area (Å²) >= 11 is 15.9. The molecule has 2 amide bonds. The van der Waals surface area contributed by atoms with Gasteiger partial charge in [-0.25, -0.2) is 0 Å². The number of carbonyl (C=O) groups is 2. The van der Waals surface area contributed by atoms with Crippen LogP contribution < -0.4 is 10.1 Å². The number of halogens is 3. The molecule has 0 bridgehead atoms. The quantitative estimate of drug-likeness (QED) is 0.270. The number of benzene rings is 3. The number of amides is 2. The lowest BCUT2D eigenvalue weighted by atomic mass is 10.0. The van der Waals surface area contributed by atoms with E-state index in [4.69, 9.17) is 27.9 Å². The van der Waals surface area contributed by atoms with E-state index in [9.17, 15) is 9.59 Å². The van der Waals surface area contributed by atoms with E-state index >= 15 is 0 Å². The van der Waals surface area contributed by atoms with Crippen molar-refractivity contribution in [2.75, 3.05) is 6.61 Å². The summed E-state index contributed by atoms with van der Waals surface area (Å²) in [6, 6.07) is 21.3. The predicted molar refractivity (Wildman–Crippen MR) is 148 cm³/mol. The molecule has 1 N–H and O–H groups in total. The molecule has 2 unspecified atom stereocenters. The van der Waals surface area contributed by atoms with Gasteiger partial charge in [0.2, 0.25) is 5.91 Å². The smallest absolute Gasteiger partial charge is 0.261 e. The van der Waals surface area contributed by atoms with Gasteiger partial charge in [0.05, 0.1) is 5.02 Å². The maximum absolute atomic E-state index is 13.6. The van der Waals surface area contributed by atoms with Gasteiger partial charge in [-0.3, -0.25) is 9.59 Å². The second-order valence-corrected chi connectivity index (χ2v) is 10.3. The van der Waals surface area contributed by atoms with Crippen molar-refractivity contribution in [3.05, 3.63) is 98.4 Å². The minimum Gasteiger partial charge on any atom is -0.482 e. The molecule has 0 aromatic heterocycles. The fourth-order valence-corrected chi connectivity index (χ4v) is 4.58. The van der Waals surface area contributed by atoms with Crippen LogP contribution in [0.1, 0.15) is 31.4 Å². The molecule has 0 heterocycles. The zero-order chi connectivity index (χ0) is 26.1.